The van der Waals surface area contributed by atoms with Crippen LogP contribution in [0, 0.1) is 0 Å². The highest BCUT2D eigenvalue weighted by atomic mass is 79.9. The molecule has 4 nitrogen and oxygen atoms in total. The van der Waals surface area contributed by atoms with E-state index in [0.29, 0.717) is 13.2 Å². The van der Waals surface area contributed by atoms with Gasteiger partial charge in [0.05, 0.1) is 11.1 Å². The number of rotatable bonds is 2. The lowest BCUT2D eigenvalue weighted by Crippen LogP contribution is -2.31. The van der Waals surface area contributed by atoms with Gasteiger partial charge < -0.3 is 14.7 Å². The van der Waals surface area contributed by atoms with Gasteiger partial charge in [0.15, 0.2) is 0 Å². The highest BCUT2D eigenvalue weighted by Crippen LogP contribution is 2.38. The van der Waals surface area contributed by atoms with Crippen LogP contribution in [-0.4, -0.2) is 36.3 Å². The van der Waals surface area contributed by atoms with Crippen LogP contribution >= 0.6 is 15.9 Å². The van der Waals surface area contributed by atoms with Crippen LogP contribution in [0.4, 0.5) is 4.79 Å². The Morgan fingerprint density at radius 2 is 2.41 bits per heavy atom. The maximum Gasteiger partial charge on any atom is 0.407 e. The van der Waals surface area contributed by atoms with Crippen LogP contribution < -0.4 is 4.74 Å². The number of hydrogen-bond donors (Lipinski definition) is 1. The minimum absolute atomic E-state index is 0.206. The van der Waals surface area contributed by atoms with Crippen molar-refractivity contribution in [1.29, 1.82) is 0 Å². The summed E-state index contributed by atoms with van der Waals surface area (Å²) in [6, 6.07) is 5.88. The zero-order valence-corrected chi connectivity index (χ0v) is 11.1. The third-order valence-corrected chi connectivity index (χ3v) is 3.60. The van der Waals surface area contributed by atoms with Crippen LogP contribution in [0.3, 0.4) is 0 Å². The molecule has 5 heteroatoms. The molecular formula is C12H14BrNO3. The lowest BCUT2D eigenvalue weighted by molar-refractivity contribution is 0.148. The van der Waals surface area contributed by atoms with E-state index in [-0.39, 0.29) is 5.92 Å². The highest BCUT2D eigenvalue weighted by molar-refractivity contribution is 9.10. The summed E-state index contributed by atoms with van der Waals surface area (Å²) in [5.41, 5.74) is 1.08. The largest absolute Gasteiger partial charge is 0.492 e. The number of benzene rings is 1. The zero-order chi connectivity index (χ0) is 12.4. The van der Waals surface area contributed by atoms with Gasteiger partial charge in [-0.05, 0) is 28.4 Å². The van der Waals surface area contributed by atoms with E-state index < -0.39 is 6.09 Å². The Kier molecular flexibility index (Phi) is 3.57. The summed E-state index contributed by atoms with van der Waals surface area (Å²) in [4.78, 5) is 12.2. The number of fused-ring (bicyclic) bond motifs is 1. The molecule has 1 aliphatic heterocycles. The minimum Gasteiger partial charge on any atom is -0.492 e. The molecule has 1 heterocycles. The Bertz CT molecular complexity index is 436. The van der Waals surface area contributed by atoms with Crippen molar-refractivity contribution in [3.05, 3.63) is 28.2 Å². The molecule has 0 saturated carbocycles. The van der Waals surface area contributed by atoms with E-state index in [1.807, 2.05) is 18.2 Å². The van der Waals surface area contributed by atoms with E-state index in [9.17, 15) is 4.79 Å². The molecule has 0 saturated heterocycles. The topological polar surface area (TPSA) is 49.8 Å². The van der Waals surface area contributed by atoms with Crippen molar-refractivity contribution in [2.75, 3.05) is 20.2 Å². The summed E-state index contributed by atoms with van der Waals surface area (Å²) in [7, 11) is 1.59. The number of para-hydroxylation sites is 1. The first-order valence-corrected chi connectivity index (χ1v) is 6.24. The van der Waals surface area contributed by atoms with Gasteiger partial charge in [-0.2, -0.15) is 0 Å². The molecule has 1 N–H and O–H groups in total. The lowest BCUT2D eigenvalue weighted by atomic mass is 9.93. The molecule has 0 spiro atoms. The number of carboxylic acid groups (broad SMARTS) is 1. The minimum atomic E-state index is -0.895. The Labute approximate surface area is 108 Å². The molecular weight excluding hydrogens is 286 g/mol. The molecule has 0 radical (unpaired) electrons. The molecule has 2 rings (SSSR count). The van der Waals surface area contributed by atoms with Crippen LogP contribution in [-0.2, 0) is 0 Å². The molecule has 0 aliphatic carbocycles. The number of hydrogen-bond acceptors (Lipinski definition) is 2. The van der Waals surface area contributed by atoms with E-state index in [1.54, 1.807) is 7.05 Å². The number of likely N-dealkylation sites (N-methyl/N-ethyl adjacent to an activating group) is 1. The molecule has 1 aliphatic rings. The first-order chi connectivity index (χ1) is 8.09. The third kappa shape index (κ3) is 2.54. The highest BCUT2D eigenvalue weighted by Gasteiger charge is 2.25. The lowest BCUT2D eigenvalue weighted by Gasteiger charge is -2.29. The third-order valence-electron chi connectivity index (χ3n) is 2.97. The molecule has 1 amide bonds. The van der Waals surface area contributed by atoms with E-state index in [1.165, 1.54) is 4.90 Å². The van der Waals surface area contributed by atoms with Gasteiger partial charge in [-0.25, -0.2) is 4.79 Å². The van der Waals surface area contributed by atoms with Gasteiger partial charge >= 0.3 is 6.09 Å². The molecule has 0 aromatic heterocycles. The molecule has 1 aromatic rings. The molecule has 1 atom stereocenters. The molecule has 17 heavy (non-hydrogen) atoms. The summed E-state index contributed by atoms with van der Waals surface area (Å²) in [5, 5.41) is 8.90. The molecule has 1 aromatic carbocycles. The van der Waals surface area contributed by atoms with Gasteiger partial charge in [0, 0.05) is 25.1 Å². The number of halogens is 1. The van der Waals surface area contributed by atoms with Crippen LogP contribution in [0.25, 0.3) is 0 Å². The van der Waals surface area contributed by atoms with Crippen molar-refractivity contribution < 1.29 is 14.6 Å². The standard InChI is InChI=1S/C12H14BrNO3/c1-14(12(15)16)7-8-5-6-17-11-9(8)3-2-4-10(11)13/h2-4,8H,5-7H2,1H3,(H,15,16)/t8-/m0/s1. The van der Waals surface area contributed by atoms with E-state index in [4.69, 9.17) is 9.84 Å². The van der Waals surface area contributed by atoms with Gasteiger partial charge in [0.1, 0.15) is 5.75 Å². The second kappa shape index (κ2) is 4.96. The SMILES string of the molecule is CN(C[C@@H]1CCOc2c(Br)cccc21)C(=O)O. The van der Waals surface area contributed by atoms with Crippen LogP contribution in [0.1, 0.15) is 17.9 Å². The second-order valence-electron chi connectivity index (χ2n) is 4.16. The smallest absolute Gasteiger partial charge is 0.407 e. The average molecular weight is 300 g/mol. The summed E-state index contributed by atoms with van der Waals surface area (Å²) in [6.45, 7) is 1.13. The van der Waals surface area contributed by atoms with E-state index in [2.05, 4.69) is 15.9 Å². The molecule has 0 fully saturated rings. The van der Waals surface area contributed by atoms with Crippen LogP contribution in [0.2, 0.25) is 0 Å². The Morgan fingerprint density at radius 3 is 3.12 bits per heavy atom. The molecule has 0 unspecified atom stereocenters. The second-order valence-corrected chi connectivity index (χ2v) is 5.01. The van der Waals surface area contributed by atoms with Crippen LogP contribution in [0.5, 0.6) is 5.75 Å². The maximum atomic E-state index is 10.8. The Hall–Kier alpha value is -1.23. The fourth-order valence-corrected chi connectivity index (χ4v) is 2.55. The van der Waals surface area contributed by atoms with Gasteiger partial charge in [0.25, 0.3) is 0 Å². The maximum absolute atomic E-state index is 10.8. The summed E-state index contributed by atoms with van der Waals surface area (Å²) >= 11 is 3.45. The first-order valence-electron chi connectivity index (χ1n) is 5.45. The Balaban J connectivity index is 2.23. The van der Waals surface area contributed by atoms with Crippen LogP contribution in [0.15, 0.2) is 22.7 Å². The predicted octanol–water partition coefficient (Wildman–Crippen LogP) is 2.93. The van der Waals surface area contributed by atoms with Gasteiger partial charge in [-0.1, -0.05) is 12.1 Å². The fourth-order valence-electron chi connectivity index (χ4n) is 2.06. The normalized spacial score (nSPS) is 18.1. The van der Waals surface area contributed by atoms with Gasteiger partial charge in [0.2, 0.25) is 0 Å². The zero-order valence-electron chi connectivity index (χ0n) is 9.52. The monoisotopic (exact) mass is 299 g/mol. The molecule has 0 bridgehead atoms. The van der Waals surface area contributed by atoms with Crippen molar-refractivity contribution >= 4 is 22.0 Å². The van der Waals surface area contributed by atoms with Crippen molar-refractivity contribution in [2.45, 2.75) is 12.3 Å². The van der Waals surface area contributed by atoms with Crippen molar-refractivity contribution in [3.63, 3.8) is 0 Å². The summed E-state index contributed by atoms with van der Waals surface area (Å²) in [5.74, 6) is 1.06. The summed E-state index contributed by atoms with van der Waals surface area (Å²) in [6.07, 6.45) is -0.0470. The summed E-state index contributed by atoms with van der Waals surface area (Å²) < 4.78 is 6.54. The predicted molar refractivity (Wildman–Crippen MR) is 67.6 cm³/mol. The van der Waals surface area contributed by atoms with Gasteiger partial charge in [-0.15, -0.1) is 0 Å². The Morgan fingerprint density at radius 1 is 1.65 bits per heavy atom. The molecule has 92 valence electrons. The fraction of sp³-hybridized carbons (Fsp3) is 0.417. The van der Waals surface area contributed by atoms with Gasteiger partial charge in [-0.3, -0.25) is 0 Å². The number of amides is 1. The van der Waals surface area contributed by atoms with Crippen molar-refractivity contribution in [1.82, 2.24) is 4.90 Å². The number of ether oxygens (including phenoxy) is 1. The number of carbonyl (C=O) groups is 1. The first kappa shape index (κ1) is 12.2. The number of nitrogens with zero attached hydrogens (tertiary/aromatic N) is 1. The van der Waals surface area contributed by atoms with E-state index >= 15 is 0 Å². The van der Waals surface area contributed by atoms with E-state index in [0.717, 1.165) is 22.2 Å². The average Bonchev–Trinajstić information content (AvgIpc) is 2.30. The van der Waals surface area contributed by atoms with Crippen molar-refractivity contribution in [3.8, 4) is 5.75 Å². The van der Waals surface area contributed by atoms with Crippen molar-refractivity contribution in [2.24, 2.45) is 0 Å². The quantitative estimate of drug-likeness (QED) is 0.913.